The lowest BCUT2D eigenvalue weighted by molar-refractivity contribution is 0.0909. The average molecular weight is 448 g/mol. The molecule has 0 aromatic heterocycles. The molecule has 3 rings (SSSR count). The molecular weight excluding hydrogens is 426 g/mol. The number of hydrogen-bond acceptors (Lipinski definition) is 3. The molecular formula is C21H22BrNO3S. The SMILES string of the molecule is C=C(C)[C@@H]1CN(S(=O)(=O)c2ccc(C)cc2)C[C@H]1C(=O)c1ccccc1Br. The van der Waals surface area contributed by atoms with Crippen LogP contribution < -0.4 is 0 Å². The monoisotopic (exact) mass is 447 g/mol. The van der Waals surface area contributed by atoms with Crippen molar-refractivity contribution in [2.75, 3.05) is 13.1 Å². The highest BCUT2D eigenvalue weighted by molar-refractivity contribution is 9.10. The van der Waals surface area contributed by atoms with E-state index < -0.39 is 15.9 Å². The van der Waals surface area contributed by atoms with Gasteiger partial charge in [-0.25, -0.2) is 8.42 Å². The molecule has 0 saturated carbocycles. The largest absolute Gasteiger partial charge is 0.294 e. The molecule has 0 spiro atoms. The van der Waals surface area contributed by atoms with Crippen LogP contribution in [0, 0.1) is 18.8 Å². The molecule has 0 N–H and O–H groups in total. The van der Waals surface area contributed by atoms with Crippen LogP contribution in [0.2, 0.25) is 0 Å². The van der Waals surface area contributed by atoms with E-state index in [1.807, 2.05) is 32.0 Å². The van der Waals surface area contributed by atoms with Crippen LogP contribution in [0.3, 0.4) is 0 Å². The summed E-state index contributed by atoms with van der Waals surface area (Å²) in [5, 5.41) is 0. The third kappa shape index (κ3) is 3.93. The molecule has 4 nitrogen and oxygen atoms in total. The molecule has 2 aromatic carbocycles. The van der Waals surface area contributed by atoms with Gasteiger partial charge in [0.25, 0.3) is 0 Å². The Balaban J connectivity index is 1.93. The third-order valence-corrected chi connectivity index (χ3v) is 7.59. The van der Waals surface area contributed by atoms with Crippen molar-refractivity contribution in [2.45, 2.75) is 18.7 Å². The average Bonchev–Trinajstić information content (AvgIpc) is 3.08. The van der Waals surface area contributed by atoms with Crippen LogP contribution in [0.25, 0.3) is 0 Å². The zero-order valence-electron chi connectivity index (χ0n) is 15.4. The zero-order chi connectivity index (χ0) is 19.8. The number of carbonyl (C=O) groups is 1. The molecule has 1 fully saturated rings. The highest BCUT2D eigenvalue weighted by atomic mass is 79.9. The molecule has 0 amide bonds. The number of nitrogens with zero attached hydrogens (tertiary/aromatic N) is 1. The maximum absolute atomic E-state index is 13.1. The Hall–Kier alpha value is -1.76. The van der Waals surface area contributed by atoms with Gasteiger partial charge in [-0.2, -0.15) is 4.31 Å². The summed E-state index contributed by atoms with van der Waals surface area (Å²) in [6.45, 7) is 8.20. The number of Topliss-reactive ketones (excluding diaryl/α,β-unsaturated/α-hetero) is 1. The molecule has 6 heteroatoms. The minimum atomic E-state index is -3.65. The first-order valence-corrected chi connectivity index (χ1v) is 11.0. The van der Waals surface area contributed by atoms with Crippen molar-refractivity contribution in [1.29, 1.82) is 0 Å². The van der Waals surface area contributed by atoms with Gasteiger partial charge in [0.15, 0.2) is 5.78 Å². The smallest absolute Gasteiger partial charge is 0.243 e. The summed E-state index contributed by atoms with van der Waals surface area (Å²) in [5.74, 6) is -0.705. The number of aryl methyl sites for hydroxylation is 1. The molecule has 0 aliphatic carbocycles. The van der Waals surface area contributed by atoms with Gasteiger partial charge in [0.2, 0.25) is 10.0 Å². The molecule has 0 radical (unpaired) electrons. The van der Waals surface area contributed by atoms with Gasteiger partial charge in [0.05, 0.1) is 4.90 Å². The lowest BCUT2D eigenvalue weighted by Crippen LogP contribution is -2.30. The van der Waals surface area contributed by atoms with E-state index in [0.717, 1.165) is 15.6 Å². The predicted octanol–water partition coefficient (Wildman–Crippen LogP) is 4.45. The summed E-state index contributed by atoms with van der Waals surface area (Å²) >= 11 is 3.42. The molecule has 1 aliphatic rings. The van der Waals surface area contributed by atoms with Crippen molar-refractivity contribution in [3.05, 3.63) is 76.3 Å². The summed E-state index contributed by atoms with van der Waals surface area (Å²) in [6.07, 6.45) is 0. The van der Waals surface area contributed by atoms with Gasteiger partial charge in [-0.15, -0.1) is 0 Å². The predicted molar refractivity (Wildman–Crippen MR) is 110 cm³/mol. The normalized spacial score (nSPS) is 20.6. The van der Waals surface area contributed by atoms with Gasteiger partial charge in [0.1, 0.15) is 0 Å². The summed E-state index contributed by atoms with van der Waals surface area (Å²) in [6, 6.07) is 14.0. The zero-order valence-corrected chi connectivity index (χ0v) is 17.8. The number of sulfonamides is 1. The Morgan fingerprint density at radius 1 is 1.07 bits per heavy atom. The minimum Gasteiger partial charge on any atom is -0.294 e. The fourth-order valence-electron chi connectivity index (χ4n) is 3.45. The topological polar surface area (TPSA) is 54.5 Å². The number of ketones is 1. The third-order valence-electron chi connectivity index (χ3n) is 5.05. The second-order valence-corrected chi connectivity index (χ2v) is 9.83. The first-order valence-electron chi connectivity index (χ1n) is 8.73. The quantitative estimate of drug-likeness (QED) is 0.502. The Labute approximate surface area is 169 Å². The van der Waals surface area contributed by atoms with Gasteiger partial charge in [-0.3, -0.25) is 4.79 Å². The lowest BCUT2D eigenvalue weighted by Gasteiger charge is -2.17. The van der Waals surface area contributed by atoms with E-state index in [4.69, 9.17) is 0 Å². The van der Waals surface area contributed by atoms with E-state index >= 15 is 0 Å². The highest BCUT2D eigenvalue weighted by Gasteiger charge is 2.43. The molecule has 142 valence electrons. The Kier molecular flexibility index (Phi) is 5.70. The van der Waals surface area contributed by atoms with E-state index in [1.165, 1.54) is 4.31 Å². The molecule has 1 aliphatic heterocycles. The summed E-state index contributed by atoms with van der Waals surface area (Å²) in [7, 11) is -3.65. The lowest BCUT2D eigenvalue weighted by atomic mass is 9.85. The van der Waals surface area contributed by atoms with Crippen LogP contribution in [-0.4, -0.2) is 31.6 Å². The number of hydrogen-bond donors (Lipinski definition) is 0. The van der Waals surface area contributed by atoms with E-state index in [0.29, 0.717) is 5.56 Å². The Morgan fingerprint density at radius 3 is 2.26 bits per heavy atom. The van der Waals surface area contributed by atoms with Crippen molar-refractivity contribution in [1.82, 2.24) is 4.31 Å². The van der Waals surface area contributed by atoms with Crippen molar-refractivity contribution >= 4 is 31.7 Å². The summed E-state index contributed by atoms with van der Waals surface area (Å²) in [5.41, 5.74) is 2.39. The first-order chi connectivity index (χ1) is 12.7. The maximum Gasteiger partial charge on any atom is 0.243 e. The van der Waals surface area contributed by atoms with E-state index in [1.54, 1.807) is 30.3 Å². The minimum absolute atomic E-state index is 0.0583. The second kappa shape index (κ2) is 7.70. The number of halogens is 1. The Morgan fingerprint density at radius 2 is 1.67 bits per heavy atom. The second-order valence-electron chi connectivity index (χ2n) is 7.04. The molecule has 1 saturated heterocycles. The van der Waals surface area contributed by atoms with Crippen molar-refractivity contribution in [2.24, 2.45) is 11.8 Å². The standard InChI is InChI=1S/C21H22BrNO3S/c1-14(2)18-12-23(27(25,26)16-10-8-15(3)9-11-16)13-19(18)21(24)17-6-4-5-7-20(17)22/h4-11,18-19H,1,12-13H2,2-3H3/t18-,19+/m0/s1. The molecule has 2 atom stereocenters. The van der Waals surface area contributed by atoms with Gasteiger partial charge >= 0.3 is 0 Å². The van der Waals surface area contributed by atoms with E-state index in [-0.39, 0.29) is 29.7 Å². The molecule has 27 heavy (non-hydrogen) atoms. The molecule has 0 bridgehead atoms. The number of rotatable bonds is 5. The maximum atomic E-state index is 13.1. The van der Waals surface area contributed by atoms with Gasteiger partial charge in [-0.05, 0) is 32.0 Å². The van der Waals surface area contributed by atoms with Gasteiger partial charge in [0, 0.05) is 35.0 Å². The van der Waals surface area contributed by atoms with Gasteiger partial charge in [-0.1, -0.05) is 64.0 Å². The van der Waals surface area contributed by atoms with Crippen molar-refractivity contribution in [3.63, 3.8) is 0 Å². The molecule has 0 unspecified atom stereocenters. The Bertz CT molecular complexity index is 983. The fourth-order valence-corrected chi connectivity index (χ4v) is 5.42. The van der Waals surface area contributed by atoms with Crippen LogP contribution >= 0.6 is 15.9 Å². The summed E-state index contributed by atoms with van der Waals surface area (Å²) < 4.78 is 28.3. The number of carbonyl (C=O) groups excluding carboxylic acids is 1. The first kappa shape index (κ1) is 20.0. The highest BCUT2D eigenvalue weighted by Crippen LogP contribution is 2.35. The van der Waals surface area contributed by atoms with Gasteiger partial charge < -0.3 is 0 Å². The van der Waals surface area contributed by atoms with Crippen LogP contribution in [0.5, 0.6) is 0 Å². The van der Waals surface area contributed by atoms with Crippen LogP contribution in [0.1, 0.15) is 22.8 Å². The van der Waals surface area contributed by atoms with Crippen molar-refractivity contribution < 1.29 is 13.2 Å². The van der Waals surface area contributed by atoms with Crippen LogP contribution in [0.4, 0.5) is 0 Å². The van der Waals surface area contributed by atoms with E-state index in [9.17, 15) is 13.2 Å². The molecule has 1 heterocycles. The number of benzene rings is 2. The van der Waals surface area contributed by atoms with E-state index in [2.05, 4.69) is 22.5 Å². The van der Waals surface area contributed by atoms with Crippen molar-refractivity contribution in [3.8, 4) is 0 Å². The van der Waals surface area contributed by atoms with Crippen LogP contribution in [0.15, 0.2) is 70.1 Å². The fraction of sp³-hybridized carbons (Fsp3) is 0.286. The molecule has 2 aromatic rings. The van der Waals surface area contributed by atoms with Crippen LogP contribution in [-0.2, 0) is 10.0 Å². The summed E-state index contributed by atoms with van der Waals surface area (Å²) in [4.78, 5) is 13.4.